The van der Waals surface area contributed by atoms with E-state index in [2.05, 4.69) is 10.3 Å². The molecule has 1 N–H and O–H groups in total. The Morgan fingerprint density at radius 2 is 2.20 bits per heavy atom. The Morgan fingerprint density at radius 1 is 1.35 bits per heavy atom. The van der Waals surface area contributed by atoms with Crippen LogP contribution < -0.4 is 10.1 Å². The zero-order chi connectivity index (χ0) is 14.4. The standard InChI is InChI=1S/C16H18N2O2/c1-3-20-15-7-6-13(9-12(15)2)10-18-16(19)14-5-4-8-17-11-14/h4-9,11H,3,10H2,1-2H3,(H,18,19). The number of carbonyl (C=O) groups excluding carboxylic acids is 1. The first-order valence-corrected chi connectivity index (χ1v) is 6.61. The van der Waals surface area contributed by atoms with Gasteiger partial charge in [0.1, 0.15) is 5.75 Å². The van der Waals surface area contributed by atoms with Crippen LogP contribution in [0.25, 0.3) is 0 Å². The van der Waals surface area contributed by atoms with Gasteiger partial charge in [0.05, 0.1) is 12.2 Å². The number of carbonyl (C=O) groups is 1. The van der Waals surface area contributed by atoms with Gasteiger partial charge in [-0.05, 0) is 43.2 Å². The molecule has 0 bridgehead atoms. The summed E-state index contributed by atoms with van der Waals surface area (Å²) < 4.78 is 5.49. The molecule has 0 atom stereocenters. The topological polar surface area (TPSA) is 51.2 Å². The fraction of sp³-hybridized carbons (Fsp3) is 0.250. The van der Waals surface area contributed by atoms with Crippen LogP contribution in [0.15, 0.2) is 42.7 Å². The molecule has 0 radical (unpaired) electrons. The Morgan fingerprint density at radius 3 is 2.85 bits per heavy atom. The van der Waals surface area contributed by atoms with Gasteiger partial charge in [0.25, 0.3) is 5.91 Å². The Kier molecular flexibility index (Phi) is 4.71. The lowest BCUT2D eigenvalue weighted by Crippen LogP contribution is -2.22. The number of nitrogens with one attached hydrogen (secondary N) is 1. The van der Waals surface area contributed by atoms with Crippen LogP contribution in [-0.2, 0) is 6.54 Å². The largest absolute Gasteiger partial charge is 0.494 e. The number of ether oxygens (including phenoxy) is 1. The molecule has 4 nitrogen and oxygen atoms in total. The molecule has 0 fully saturated rings. The molecule has 1 aromatic carbocycles. The first-order chi connectivity index (χ1) is 9.70. The number of nitrogens with zero attached hydrogens (tertiary/aromatic N) is 1. The van der Waals surface area contributed by atoms with Crippen molar-refractivity contribution >= 4 is 5.91 Å². The van der Waals surface area contributed by atoms with Gasteiger partial charge < -0.3 is 10.1 Å². The van der Waals surface area contributed by atoms with Gasteiger partial charge in [0.15, 0.2) is 0 Å². The van der Waals surface area contributed by atoms with Gasteiger partial charge in [-0.15, -0.1) is 0 Å². The van der Waals surface area contributed by atoms with E-state index in [0.29, 0.717) is 18.7 Å². The summed E-state index contributed by atoms with van der Waals surface area (Å²) in [7, 11) is 0. The average molecular weight is 270 g/mol. The maximum Gasteiger partial charge on any atom is 0.253 e. The van der Waals surface area contributed by atoms with E-state index in [4.69, 9.17) is 4.74 Å². The number of aromatic nitrogens is 1. The molecule has 0 saturated carbocycles. The van der Waals surface area contributed by atoms with Crippen molar-refractivity contribution in [2.45, 2.75) is 20.4 Å². The lowest BCUT2D eigenvalue weighted by atomic mass is 10.1. The van der Waals surface area contributed by atoms with E-state index in [1.54, 1.807) is 24.5 Å². The minimum atomic E-state index is -0.121. The molecule has 1 amide bonds. The summed E-state index contributed by atoms with van der Waals surface area (Å²) in [6.07, 6.45) is 3.20. The molecule has 0 aliphatic heterocycles. The van der Waals surface area contributed by atoms with Gasteiger partial charge >= 0.3 is 0 Å². The van der Waals surface area contributed by atoms with Crippen molar-refractivity contribution in [3.8, 4) is 5.75 Å². The molecule has 0 saturated heterocycles. The van der Waals surface area contributed by atoms with E-state index in [-0.39, 0.29) is 5.91 Å². The third-order valence-corrected chi connectivity index (χ3v) is 2.92. The van der Waals surface area contributed by atoms with Crippen molar-refractivity contribution in [2.24, 2.45) is 0 Å². The van der Waals surface area contributed by atoms with Crippen LogP contribution in [0, 0.1) is 6.92 Å². The van der Waals surface area contributed by atoms with E-state index in [1.165, 1.54) is 0 Å². The highest BCUT2D eigenvalue weighted by molar-refractivity contribution is 5.93. The van der Waals surface area contributed by atoms with Gasteiger partial charge in [0, 0.05) is 18.9 Å². The van der Waals surface area contributed by atoms with Crippen molar-refractivity contribution < 1.29 is 9.53 Å². The second-order valence-corrected chi connectivity index (χ2v) is 4.46. The van der Waals surface area contributed by atoms with Gasteiger partial charge in [-0.3, -0.25) is 9.78 Å². The number of pyridine rings is 1. The van der Waals surface area contributed by atoms with Crippen molar-refractivity contribution in [2.75, 3.05) is 6.61 Å². The van der Waals surface area contributed by atoms with Crippen molar-refractivity contribution in [1.82, 2.24) is 10.3 Å². The van der Waals surface area contributed by atoms with Crippen LogP contribution in [0.1, 0.15) is 28.4 Å². The molecule has 0 aliphatic rings. The Hall–Kier alpha value is -2.36. The van der Waals surface area contributed by atoms with E-state index in [1.807, 2.05) is 32.0 Å². The molecular weight excluding hydrogens is 252 g/mol. The summed E-state index contributed by atoms with van der Waals surface area (Å²) in [5.41, 5.74) is 2.68. The molecule has 104 valence electrons. The van der Waals surface area contributed by atoms with Crippen molar-refractivity contribution in [1.29, 1.82) is 0 Å². The Labute approximate surface area is 118 Å². The van der Waals surface area contributed by atoms with Crippen molar-refractivity contribution in [3.63, 3.8) is 0 Å². The van der Waals surface area contributed by atoms with Gasteiger partial charge in [-0.2, -0.15) is 0 Å². The van der Waals surface area contributed by atoms with Crippen LogP contribution in [0.5, 0.6) is 5.75 Å². The van der Waals surface area contributed by atoms with Gasteiger partial charge in [-0.25, -0.2) is 0 Å². The van der Waals surface area contributed by atoms with Crippen LogP contribution >= 0.6 is 0 Å². The summed E-state index contributed by atoms with van der Waals surface area (Å²) in [6, 6.07) is 9.40. The third-order valence-electron chi connectivity index (χ3n) is 2.92. The van der Waals surface area contributed by atoms with Gasteiger partial charge in [-0.1, -0.05) is 12.1 Å². The van der Waals surface area contributed by atoms with E-state index in [0.717, 1.165) is 16.9 Å². The maximum atomic E-state index is 11.9. The third kappa shape index (κ3) is 3.57. The van der Waals surface area contributed by atoms with E-state index >= 15 is 0 Å². The molecule has 1 heterocycles. The molecule has 2 aromatic rings. The average Bonchev–Trinajstić information content (AvgIpc) is 2.48. The number of benzene rings is 1. The lowest BCUT2D eigenvalue weighted by Gasteiger charge is -2.10. The molecule has 20 heavy (non-hydrogen) atoms. The second kappa shape index (κ2) is 6.70. The number of rotatable bonds is 5. The minimum absolute atomic E-state index is 0.121. The highest BCUT2D eigenvalue weighted by Gasteiger charge is 2.05. The molecule has 0 unspecified atom stereocenters. The molecular formula is C16H18N2O2. The molecule has 4 heteroatoms. The Balaban J connectivity index is 1.97. The monoisotopic (exact) mass is 270 g/mol. The van der Waals surface area contributed by atoms with Crippen LogP contribution in [-0.4, -0.2) is 17.5 Å². The summed E-state index contributed by atoms with van der Waals surface area (Å²) in [4.78, 5) is 15.8. The predicted octanol–water partition coefficient (Wildman–Crippen LogP) is 2.72. The van der Waals surface area contributed by atoms with Crippen molar-refractivity contribution in [3.05, 3.63) is 59.4 Å². The first-order valence-electron chi connectivity index (χ1n) is 6.61. The highest BCUT2D eigenvalue weighted by atomic mass is 16.5. The van der Waals surface area contributed by atoms with Gasteiger partial charge in [0.2, 0.25) is 0 Å². The van der Waals surface area contributed by atoms with Crippen LogP contribution in [0.3, 0.4) is 0 Å². The zero-order valence-corrected chi connectivity index (χ0v) is 11.7. The SMILES string of the molecule is CCOc1ccc(CNC(=O)c2cccnc2)cc1C. The fourth-order valence-corrected chi connectivity index (χ4v) is 1.92. The van der Waals surface area contributed by atoms with Crippen LogP contribution in [0.4, 0.5) is 0 Å². The summed E-state index contributed by atoms with van der Waals surface area (Å²) >= 11 is 0. The maximum absolute atomic E-state index is 11.9. The summed E-state index contributed by atoms with van der Waals surface area (Å²) in [5, 5.41) is 2.87. The zero-order valence-electron chi connectivity index (χ0n) is 11.7. The number of hydrogen-bond acceptors (Lipinski definition) is 3. The molecule has 0 spiro atoms. The molecule has 0 aliphatic carbocycles. The smallest absolute Gasteiger partial charge is 0.253 e. The number of hydrogen-bond donors (Lipinski definition) is 1. The Bertz CT molecular complexity index is 582. The van der Waals surface area contributed by atoms with E-state index in [9.17, 15) is 4.79 Å². The molecule has 2 rings (SSSR count). The predicted molar refractivity (Wildman–Crippen MR) is 77.8 cm³/mol. The van der Waals surface area contributed by atoms with E-state index < -0.39 is 0 Å². The first kappa shape index (κ1) is 14.1. The quantitative estimate of drug-likeness (QED) is 0.908. The highest BCUT2D eigenvalue weighted by Crippen LogP contribution is 2.19. The number of amides is 1. The van der Waals surface area contributed by atoms with Crippen LogP contribution in [0.2, 0.25) is 0 Å². The molecule has 1 aromatic heterocycles. The fourth-order valence-electron chi connectivity index (χ4n) is 1.92. The minimum Gasteiger partial charge on any atom is -0.494 e. The normalized spacial score (nSPS) is 10.1. The summed E-state index contributed by atoms with van der Waals surface area (Å²) in [5.74, 6) is 0.763. The second-order valence-electron chi connectivity index (χ2n) is 4.46. The summed E-state index contributed by atoms with van der Waals surface area (Å²) in [6.45, 7) is 5.10. The lowest BCUT2D eigenvalue weighted by molar-refractivity contribution is 0.0950. The number of aryl methyl sites for hydroxylation is 1.